The molecule has 1 aromatic carbocycles. The van der Waals surface area contributed by atoms with Gasteiger partial charge in [0.15, 0.2) is 4.34 Å². The number of piperazine rings is 1. The number of nitrogens with zero attached hydrogens (tertiary/aromatic N) is 5. The molecule has 162 valence electrons. The van der Waals surface area contributed by atoms with E-state index < -0.39 is 10.0 Å². The highest BCUT2D eigenvalue weighted by Gasteiger charge is 2.29. The third-order valence-corrected chi connectivity index (χ3v) is 9.22. The lowest BCUT2D eigenvalue weighted by molar-refractivity contribution is -0.129. The molecule has 0 bridgehead atoms. The van der Waals surface area contributed by atoms with Crippen LogP contribution in [0.3, 0.4) is 0 Å². The Morgan fingerprint density at radius 1 is 1.00 bits per heavy atom. The van der Waals surface area contributed by atoms with Gasteiger partial charge in [0.2, 0.25) is 21.1 Å². The summed E-state index contributed by atoms with van der Waals surface area (Å²) in [6.07, 6.45) is 2.38. The Bertz CT molecular complexity index is 953. The van der Waals surface area contributed by atoms with Crippen LogP contribution in [0.4, 0.5) is 5.13 Å². The van der Waals surface area contributed by atoms with Crippen molar-refractivity contribution in [2.45, 2.75) is 22.9 Å². The van der Waals surface area contributed by atoms with Crippen molar-refractivity contribution in [1.29, 1.82) is 0 Å². The van der Waals surface area contributed by atoms with Gasteiger partial charge in [-0.25, -0.2) is 8.42 Å². The van der Waals surface area contributed by atoms with Crippen LogP contribution in [-0.4, -0.2) is 78.7 Å². The molecule has 8 nitrogen and oxygen atoms in total. The molecule has 0 spiro atoms. The third-order valence-electron chi connectivity index (χ3n) is 5.27. The molecule has 0 unspecified atom stereocenters. The van der Waals surface area contributed by atoms with Crippen molar-refractivity contribution in [1.82, 2.24) is 19.4 Å². The van der Waals surface area contributed by atoms with Crippen molar-refractivity contribution in [2.75, 3.05) is 49.9 Å². The van der Waals surface area contributed by atoms with E-state index in [1.165, 1.54) is 40.2 Å². The fraction of sp³-hybridized carbons (Fsp3) is 0.526. The van der Waals surface area contributed by atoms with Gasteiger partial charge in [0.1, 0.15) is 0 Å². The molecule has 2 saturated heterocycles. The highest BCUT2D eigenvalue weighted by molar-refractivity contribution is 8.01. The monoisotopic (exact) mass is 467 g/mol. The Kier molecular flexibility index (Phi) is 6.91. The molecule has 0 N–H and O–H groups in total. The number of aromatic nitrogens is 2. The third kappa shape index (κ3) is 5.32. The zero-order chi connectivity index (χ0) is 21.0. The van der Waals surface area contributed by atoms with E-state index in [1.54, 1.807) is 4.90 Å². The molecule has 0 saturated carbocycles. The summed E-state index contributed by atoms with van der Waals surface area (Å²) in [5.41, 5.74) is 0.776. The van der Waals surface area contributed by atoms with Crippen LogP contribution in [0.5, 0.6) is 0 Å². The molecule has 2 aliphatic rings. The topological polar surface area (TPSA) is 86.7 Å². The standard InChI is InChI=1S/C19H25N5O3S3/c25-17(14-28-19-21-20-18(29-19)23-8-4-5-9-23)22-10-12-24(13-11-22)30(26,27)15-16-6-2-1-3-7-16/h1-3,6-7H,4-5,8-15H2. The zero-order valence-electron chi connectivity index (χ0n) is 16.6. The Labute approximate surface area is 185 Å². The molecule has 1 aromatic heterocycles. The second-order valence-corrected chi connectivity index (χ2v) is 11.5. The number of hydrogen-bond acceptors (Lipinski definition) is 8. The van der Waals surface area contributed by atoms with Gasteiger partial charge in [0, 0.05) is 39.3 Å². The normalized spacial score (nSPS) is 18.1. The first-order valence-electron chi connectivity index (χ1n) is 10.0. The van der Waals surface area contributed by atoms with E-state index in [0.717, 1.165) is 28.1 Å². The Morgan fingerprint density at radius 3 is 2.40 bits per heavy atom. The molecular weight excluding hydrogens is 442 g/mol. The van der Waals surface area contributed by atoms with Gasteiger partial charge in [-0.3, -0.25) is 4.79 Å². The molecular formula is C19H25N5O3S3. The summed E-state index contributed by atoms with van der Waals surface area (Å²) >= 11 is 2.94. The molecule has 1 amide bonds. The highest BCUT2D eigenvalue weighted by Crippen LogP contribution is 2.30. The fourth-order valence-electron chi connectivity index (χ4n) is 3.60. The summed E-state index contributed by atoms with van der Waals surface area (Å²) in [4.78, 5) is 16.5. The first-order chi connectivity index (χ1) is 14.5. The van der Waals surface area contributed by atoms with Crippen molar-refractivity contribution in [3.05, 3.63) is 35.9 Å². The van der Waals surface area contributed by atoms with E-state index in [2.05, 4.69) is 15.1 Å². The number of anilines is 1. The van der Waals surface area contributed by atoms with E-state index in [0.29, 0.717) is 31.9 Å². The van der Waals surface area contributed by atoms with Gasteiger partial charge in [-0.05, 0) is 18.4 Å². The maximum atomic E-state index is 12.7. The zero-order valence-corrected chi connectivity index (χ0v) is 19.1. The van der Waals surface area contributed by atoms with Gasteiger partial charge in [0.25, 0.3) is 0 Å². The van der Waals surface area contributed by atoms with E-state index in [4.69, 9.17) is 0 Å². The van der Waals surface area contributed by atoms with Crippen LogP contribution < -0.4 is 4.90 Å². The quantitative estimate of drug-likeness (QED) is 0.575. The predicted octanol–water partition coefficient (Wildman–Crippen LogP) is 1.90. The van der Waals surface area contributed by atoms with Crippen molar-refractivity contribution < 1.29 is 13.2 Å². The summed E-state index contributed by atoms with van der Waals surface area (Å²) in [5.74, 6) is 0.303. The molecule has 0 aliphatic carbocycles. The maximum Gasteiger partial charge on any atom is 0.233 e. The van der Waals surface area contributed by atoms with Gasteiger partial charge in [0.05, 0.1) is 11.5 Å². The van der Waals surface area contributed by atoms with Gasteiger partial charge < -0.3 is 9.80 Å². The maximum absolute atomic E-state index is 12.7. The van der Waals surface area contributed by atoms with E-state index in [9.17, 15) is 13.2 Å². The summed E-state index contributed by atoms with van der Waals surface area (Å²) in [5, 5.41) is 9.36. The van der Waals surface area contributed by atoms with Crippen molar-refractivity contribution in [2.24, 2.45) is 0 Å². The number of amides is 1. The lowest BCUT2D eigenvalue weighted by atomic mass is 10.2. The minimum absolute atomic E-state index is 0.00592. The lowest BCUT2D eigenvalue weighted by Crippen LogP contribution is -2.51. The van der Waals surface area contributed by atoms with E-state index in [1.807, 2.05) is 30.3 Å². The Balaban J connectivity index is 1.24. The van der Waals surface area contributed by atoms with Gasteiger partial charge in [-0.15, -0.1) is 10.2 Å². The Morgan fingerprint density at radius 2 is 1.70 bits per heavy atom. The minimum atomic E-state index is -3.38. The second-order valence-electron chi connectivity index (χ2n) is 7.36. The number of benzene rings is 1. The van der Waals surface area contributed by atoms with Gasteiger partial charge in [-0.1, -0.05) is 53.4 Å². The summed E-state index contributed by atoms with van der Waals surface area (Å²) in [7, 11) is -3.38. The smallest absolute Gasteiger partial charge is 0.233 e. The molecule has 0 atom stereocenters. The number of rotatable bonds is 7. The molecule has 2 fully saturated rings. The van der Waals surface area contributed by atoms with Crippen LogP contribution in [0.2, 0.25) is 0 Å². The summed E-state index contributed by atoms with van der Waals surface area (Å²) in [6, 6.07) is 9.18. The number of carbonyl (C=O) groups excluding carboxylic acids is 1. The molecule has 2 aliphatic heterocycles. The highest BCUT2D eigenvalue weighted by atomic mass is 32.2. The molecule has 2 aromatic rings. The summed E-state index contributed by atoms with van der Waals surface area (Å²) in [6.45, 7) is 3.56. The van der Waals surface area contributed by atoms with Gasteiger partial charge in [-0.2, -0.15) is 4.31 Å². The number of thioether (sulfide) groups is 1. The predicted molar refractivity (Wildman–Crippen MR) is 119 cm³/mol. The molecule has 11 heteroatoms. The number of carbonyl (C=O) groups is 1. The number of hydrogen-bond donors (Lipinski definition) is 0. The van der Waals surface area contributed by atoms with Crippen LogP contribution >= 0.6 is 23.1 Å². The summed E-state index contributed by atoms with van der Waals surface area (Å²) < 4.78 is 27.6. The fourth-order valence-corrected chi connectivity index (χ4v) is 6.91. The second kappa shape index (κ2) is 9.63. The SMILES string of the molecule is O=C(CSc1nnc(N2CCCC2)s1)N1CCN(S(=O)(=O)Cc2ccccc2)CC1. The molecule has 0 radical (unpaired) electrons. The average Bonchev–Trinajstić information content (AvgIpc) is 3.44. The van der Waals surface area contributed by atoms with Crippen LogP contribution in [0, 0.1) is 0 Å². The Hall–Kier alpha value is -1.69. The van der Waals surface area contributed by atoms with Crippen LogP contribution in [0.1, 0.15) is 18.4 Å². The largest absolute Gasteiger partial charge is 0.347 e. The molecule has 30 heavy (non-hydrogen) atoms. The first-order valence-corrected chi connectivity index (χ1v) is 13.4. The van der Waals surface area contributed by atoms with Crippen LogP contribution in [0.25, 0.3) is 0 Å². The van der Waals surface area contributed by atoms with Gasteiger partial charge >= 0.3 is 0 Å². The van der Waals surface area contributed by atoms with Crippen LogP contribution in [-0.2, 0) is 20.6 Å². The van der Waals surface area contributed by atoms with Crippen molar-refractivity contribution in [3.8, 4) is 0 Å². The minimum Gasteiger partial charge on any atom is -0.347 e. The first kappa shape index (κ1) is 21.5. The van der Waals surface area contributed by atoms with Crippen molar-refractivity contribution in [3.63, 3.8) is 0 Å². The number of sulfonamides is 1. The van der Waals surface area contributed by atoms with E-state index >= 15 is 0 Å². The van der Waals surface area contributed by atoms with E-state index in [-0.39, 0.29) is 11.7 Å². The lowest BCUT2D eigenvalue weighted by Gasteiger charge is -2.34. The molecule has 4 rings (SSSR count). The molecule has 3 heterocycles. The average molecular weight is 468 g/mol. The van der Waals surface area contributed by atoms with Crippen LogP contribution in [0.15, 0.2) is 34.7 Å². The van der Waals surface area contributed by atoms with Crippen molar-refractivity contribution >= 4 is 44.2 Å².